The normalized spacial score (nSPS) is 15.6. The van der Waals surface area contributed by atoms with Crippen LogP contribution in [0.5, 0.6) is 0 Å². The fraction of sp³-hybridized carbons (Fsp3) is 0.353. The van der Waals surface area contributed by atoms with Crippen LogP contribution in [0.2, 0.25) is 0 Å². The molecule has 1 aromatic carbocycles. The summed E-state index contributed by atoms with van der Waals surface area (Å²) in [5, 5.41) is 22.3. The third-order valence-electron chi connectivity index (χ3n) is 4.09. The second-order valence-corrected chi connectivity index (χ2v) is 5.71. The molecule has 0 saturated carbocycles. The van der Waals surface area contributed by atoms with Crippen molar-refractivity contribution in [1.82, 2.24) is 10.3 Å². The van der Waals surface area contributed by atoms with Gasteiger partial charge < -0.3 is 25.8 Å². The molecule has 0 bridgehead atoms. The Kier molecular flexibility index (Phi) is 6.13. The summed E-state index contributed by atoms with van der Waals surface area (Å²) in [6, 6.07) is 6.61. The third kappa shape index (κ3) is 4.57. The van der Waals surface area contributed by atoms with E-state index in [9.17, 15) is 4.79 Å². The molecule has 0 aliphatic heterocycles. The minimum absolute atomic E-state index is 0.569. The largest absolute Gasteiger partial charge is 0.473 e. The van der Waals surface area contributed by atoms with E-state index in [1.54, 1.807) is 0 Å². The van der Waals surface area contributed by atoms with Crippen LogP contribution in [-0.2, 0) is 27.2 Å². The number of hydrogen-bond donors (Lipinski definition) is 5. The van der Waals surface area contributed by atoms with Crippen LogP contribution in [0.3, 0.4) is 0 Å². The van der Waals surface area contributed by atoms with Gasteiger partial charge in [-0.3, -0.25) is 4.79 Å². The van der Waals surface area contributed by atoms with Crippen LogP contribution in [0.4, 0.5) is 5.69 Å². The van der Waals surface area contributed by atoms with Gasteiger partial charge in [0, 0.05) is 28.3 Å². The van der Waals surface area contributed by atoms with E-state index in [1.807, 2.05) is 12.1 Å². The summed E-state index contributed by atoms with van der Waals surface area (Å²) >= 11 is 0. The number of carbonyl (C=O) groups excluding carboxylic acids is 1. The van der Waals surface area contributed by atoms with Crippen molar-refractivity contribution in [2.24, 2.45) is 0 Å². The predicted molar refractivity (Wildman–Crippen MR) is 92.7 cm³/mol. The molecule has 3 rings (SSSR count). The van der Waals surface area contributed by atoms with Crippen molar-refractivity contribution in [3.8, 4) is 0 Å². The maximum absolute atomic E-state index is 10.5. The number of anilines is 1. The molecule has 0 fully saturated rings. The Morgan fingerprint density at radius 1 is 1.32 bits per heavy atom. The predicted octanol–water partition coefficient (Wildman–Crippen LogP) is 1.36. The number of H-pyrrole nitrogens is 1. The second-order valence-electron chi connectivity index (χ2n) is 5.71. The number of rotatable bonds is 4. The number of aromatic nitrogens is 1. The molecule has 1 unspecified atom stereocenters. The monoisotopic (exact) mass is 347 g/mol. The highest BCUT2D eigenvalue weighted by Gasteiger charge is 2.21. The number of amides is 1. The lowest BCUT2D eigenvalue weighted by Crippen LogP contribution is -2.34. The summed E-state index contributed by atoms with van der Waals surface area (Å²) in [6.07, 6.45) is 4.07. The number of hydrogen-bond acceptors (Lipinski definition) is 4. The maximum Gasteiger partial charge on any atom is 0.414 e. The summed E-state index contributed by atoms with van der Waals surface area (Å²) in [6.45, 7) is 3.16. The molecule has 1 amide bonds. The molecule has 0 radical (unpaired) electrons. The number of carboxylic acid groups (broad SMARTS) is 2. The first-order valence-electron chi connectivity index (χ1n) is 7.99. The van der Waals surface area contributed by atoms with Gasteiger partial charge in [-0.15, -0.1) is 0 Å². The summed E-state index contributed by atoms with van der Waals surface area (Å²) < 4.78 is 0. The standard InChI is InChI=1S/C15H19N3O.C2H2O4/c1-2-16-10-3-5-14-12(7-10)13-8-11(17-9-19)4-6-15(13)18-14;3-1(4)2(5)6/h4,6,8-10,16,18H,2-3,5,7H2,1H3,(H,17,19);(H,3,4)(H,5,6). The third-order valence-corrected chi connectivity index (χ3v) is 4.09. The van der Waals surface area contributed by atoms with Crippen molar-refractivity contribution in [2.45, 2.75) is 32.2 Å². The Bertz CT molecular complexity index is 772. The Morgan fingerprint density at radius 3 is 2.64 bits per heavy atom. The van der Waals surface area contributed by atoms with Gasteiger partial charge in [-0.25, -0.2) is 9.59 Å². The molecule has 1 aliphatic carbocycles. The molecule has 1 aliphatic rings. The number of aromatic amines is 1. The summed E-state index contributed by atoms with van der Waals surface area (Å²) in [4.78, 5) is 32.2. The molecule has 8 heteroatoms. The summed E-state index contributed by atoms with van der Waals surface area (Å²) in [7, 11) is 0. The highest BCUT2D eigenvalue weighted by molar-refractivity contribution is 6.27. The fourth-order valence-electron chi connectivity index (χ4n) is 3.04. The minimum Gasteiger partial charge on any atom is -0.473 e. The number of likely N-dealkylation sites (N-methyl/N-ethyl adjacent to an activating group) is 1. The first-order valence-corrected chi connectivity index (χ1v) is 7.99. The van der Waals surface area contributed by atoms with Gasteiger partial charge in [-0.05, 0) is 49.6 Å². The van der Waals surface area contributed by atoms with E-state index < -0.39 is 11.9 Å². The number of aliphatic carboxylic acids is 2. The highest BCUT2D eigenvalue weighted by atomic mass is 16.4. The van der Waals surface area contributed by atoms with Crippen LogP contribution in [0.1, 0.15) is 24.6 Å². The van der Waals surface area contributed by atoms with Gasteiger partial charge in [-0.2, -0.15) is 0 Å². The molecule has 0 spiro atoms. The molecule has 1 heterocycles. The van der Waals surface area contributed by atoms with Gasteiger partial charge in [0.05, 0.1) is 0 Å². The number of aryl methyl sites for hydroxylation is 1. The van der Waals surface area contributed by atoms with Crippen LogP contribution >= 0.6 is 0 Å². The zero-order valence-corrected chi connectivity index (χ0v) is 13.8. The topological polar surface area (TPSA) is 132 Å². The van der Waals surface area contributed by atoms with Crippen LogP contribution in [0.15, 0.2) is 18.2 Å². The van der Waals surface area contributed by atoms with Gasteiger partial charge in [-0.1, -0.05) is 6.92 Å². The van der Waals surface area contributed by atoms with Crippen molar-refractivity contribution in [3.05, 3.63) is 29.5 Å². The van der Waals surface area contributed by atoms with Crippen LogP contribution < -0.4 is 10.6 Å². The van der Waals surface area contributed by atoms with Crippen molar-refractivity contribution < 1.29 is 24.6 Å². The van der Waals surface area contributed by atoms with Crippen LogP contribution in [0.25, 0.3) is 10.9 Å². The SMILES string of the molecule is CCNC1CCc2[nH]c3ccc(NC=O)cc3c2C1.O=C(O)C(=O)O. The lowest BCUT2D eigenvalue weighted by molar-refractivity contribution is -0.159. The molecule has 134 valence electrons. The molecule has 2 aromatic rings. The number of nitrogens with one attached hydrogen (secondary N) is 3. The zero-order chi connectivity index (χ0) is 18.4. The van der Waals surface area contributed by atoms with E-state index in [2.05, 4.69) is 28.6 Å². The lowest BCUT2D eigenvalue weighted by atomic mass is 9.91. The summed E-state index contributed by atoms with van der Waals surface area (Å²) in [5.41, 5.74) is 4.78. The van der Waals surface area contributed by atoms with Gasteiger partial charge in [0.25, 0.3) is 0 Å². The van der Waals surface area contributed by atoms with E-state index in [0.717, 1.165) is 31.5 Å². The molecule has 0 saturated heterocycles. The van der Waals surface area contributed by atoms with Gasteiger partial charge in [0.1, 0.15) is 0 Å². The number of fused-ring (bicyclic) bond motifs is 3. The molecule has 1 atom stereocenters. The Morgan fingerprint density at radius 2 is 2.04 bits per heavy atom. The van der Waals surface area contributed by atoms with Gasteiger partial charge in [0.2, 0.25) is 6.41 Å². The smallest absolute Gasteiger partial charge is 0.414 e. The Hall–Kier alpha value is -2.87. The molecule has 5 N–H and O–H groups in total. The fourth-order valence-corrected chi connectivity index (χ4v) is 3.04. The van der Waals surface area contributed by atoms with Crippen LogP contribution in [-0.4, -0.2) is 46.1 Å². The van der Waals surface area contributed by atoms with E-state index in [-0.39, 0.29) is 0 Å². The first-order chi connectivity index (χ1) is 12.0. The van der Waals surface area contributed by atoms with Crippen LogP contribution in [0, 0.1) is 0 Å². The van der Waals surface area contributed by atoms with Gasteiger partial charge >= 0.3 is 11.9 Å². The van der Waals surface area contributed by atoms with Crippen molar-refractivity contribution in [1.29, 1.82) is 0 Å². The van der Waals surface area contributed by atoms with E-state index in [1.165, 1.54) is 28.6 Å². The van der Waals surface area contributed by atoms with E-state index in [4.69, 9.17) is 19.8 Å². The average Bonchev–Trinajstić information content (AvgIpc) is 2.93. The number of benzene rings is 1. The number of carbonyl (C=O) groups is 3. The van der Waals surface area contributed by atoms with Crippen molar-refractivity contribution in [2.75, 3.05) is 11.9 Å². The van der Waals surface area contributed by atoms with E-state index in [0.29, 0.717) is 6.04 Å². The molecule has 25 heavy (non-hydrogen) atoms. The highest BCUT2D eigenvalue weighted by Crippen LogP contribution is 2.30. The van der Waals surface area contributed by atoms with E-state index >= 15 is 0 Å². The first kappa shape index (κ1) is 18.5. The quantitative estimate of drug-likeness (QED) is 0.419. The lowest BCUT2D eigenvalue weighted by Gasteiger charge is -2.23. The average molecular weight is 347 g/mol. The maximum atomic E-state index is 10.5. The van der Waals surface area contributed by atoms with Gasteiger partial charge in [0.15, 0.2) is 0 Å². The number of carboxylic acids is 2. The Labute approximate surface area is 144 Å². The van der Waals surface area contributed by atoms with Crippen molar-refractivity contribution >= 4 is 34.9 Å². The zero-order valence-electron chi connectivity index (χ0n) is 13.8. The second kappa shape index (κ2) is 8.29. The molecule has 1 aromatic heterocycles. The summed E-state index contributed by atoms with van der Waals surface area (Å²) in [5.74, 6) is -3.65. The molecule has 8 nitrogen and oxygen atoms in total. The minimum atomic E-state index is -1.82. The van der Waals surface area contributed by atoms with Crippen molar-refractivity contribution in [3.63, 3.8) is 0 Å². The molecular formula is C17H21N3O5. The Balaban J connectivity index is 0.000000326. The molecular weight excluding hydrogens is 326 g/mol.